The Morgan fingerprint density at radius 2 is 2.14 bits per heavy atom. The van der Waals surface area contributed by atoms with Gasteiger partial charge in [-0.25, -0.2) is 0 Å². The van der Waals surface area contributed by atoms with Gasteiger partial charge in [0.15, 0.2) is 0 Å². The molecule has 0 aromatic carbocycles. The van der Waals surface area contributed by atoms with Crippen LogP contribution in [-0.2, 0) is 0 Å². The Balaban J connectivity index is 2.78. The van der Waals surface area contributed by atoms with Gasteiger partial charge < -0.3 is 0 Å². The standard InChI is InChI=1S/C5H10S2/c1-6-4-3-5-7-2/h3-4H,5H2,1-2H3. The van der Waals surface area contributed by atoms with E-state index in [2.05, 4.69) is 24.0 Å². The molecule has 2 heteroatoms. The summed E-state index contributed by atoms with van der Waals surface area (Å²) in [5.74, 6) is 1.14. The van der Waals surface area contributed by atoms with Crippen molar-refractivity contribution in [1.29, 1.82) is 0 Å². The monoisotopic (exact) mass is 134 g/mol. The molecule has 42 valence electrons. The van der Waals surface area contributed by atoms with Crippen LogP contribution in [0, 0.1) is 0 Å². The lowest BCUT2D eigenvalue weighted by atomic mass is 10.8. The molecule has 0 fully saturated rings. The van der Waals surface area contributed by atoms with Gasteiger partial charge in [0.2, 0.25) is 0 Å². The van der Waals surface area contributed by atoms with E-state index in [1.807, 2.05) is 11.8 Å². The predicted octanol–water partition coefficient (Wildman–Crippen LogP) is 2.23. The van der Waals surface area contributed by atoms with Gasteiger partial charge in [0.25, 0.3) is 0 Å². The molecule has 0 aliphatic heterocycles. The molecule has 0 aliphatic rings. The first-order chi connectivity index (χ1) is 3.41. The van der Waals surface area contributed by atoms with E-state index in [4.69, 9.17) is 0 Å². The van der Waals surface area contributed by atoms with Crippen molar-refractivity contribution in [2.75, 3.05) is 18.3 Å². The SMILES string of the molecule is CSC=CCSC. The summed E-state index contributed by atoms with van der Waals surface area (Å²) in [5, 5.41) is 2.11. The molecular formula is C5H10S2. The molecule has 0 unspecified atom stereocenters. The first-order valence-electron chi connectivity index (χ1n) is 2.08. The first-order valence-corrected chi connectivity index (χ1v) is 4.76. The molecule has 0 rings (SSSR count). The summed E-state index contributed by atoms with van der Waals surface area (Å²) in [6.45, 7) is 0. The molecule has 0 radical (unpaired) electrons. The lowest BCUT2D eigenvalue weighted by molar-refractivity contribution is 1.81. The molecule has 0 aromatic rings. The third-order valence-electron chi connectivity index (χ3n) is 0.495. The van der Waals surface area contributed by atoms with Gasteiger partial charge in [-0.15, -0.1) is 11.8 Å². The molecule has 0 bridgehead atoms. The minimum absolute atomic E-state index is 1.14. The van der Waals surface area contributed by atoms with Crippen LogP contribution in [0.2, 0.25) is 0 Å². The summed E-state index contributed by atoms with van der Waals surface area (Å²) >= 11 is 3.59. The third kappa shape index (κ3) is 6.44. The Morgan fingerprint density at radius 3 is 2.57 bits per heavy atom. The van der Waals surface area contributed by atoms with Gasteiger partial charge in [-0.05, 0) is 17.9 Å². The van der Waals surface area contributed by atoms with E-state index in [0.717, 1.165) is 5.75 Å². The van der Waals surface area contributed by atoms with E-state index in [1.54, 1.807) is 11.8 Å². The quantitative estimate of drug-likeness (QED) is 0.580. The predicted molar refractivity (Wildman–Crippen MR) is 41.0 cm³/mol. The van der Waals surface area contributed by atoms with Crippen LogP contribution in [0.25, 0.3) is 0 Å². The summed E-state index contributed by atoms with van der Waals surface area (Å²) in [6.07, 6.45) is 6.33. The van der Waals surface area contributed by atoms with Gasteiger partial charge in [-0.2, -0.15) is 11.8 Å². The van der Waals surface area contributed by atoms with Crippen LogP contribution >= 0.6 is 23.5 Å². The molecule has 0 atom stereocenters. The number of rotatable bonds is 3. The van der Waals surface area contributed by atoms with E-state index in [1.165, 1.54) is 0 Å². The zero-order valence-corrected chi connectivity index (χ0v) is 6.31. The maximum Gasteiger partial charge on any atom is 0.0118 e. The molecule has 0 amide bonds. The van der Waals surface area contributed by atoms with Gasteiger partial charge in [0.05, 0.1) is 0 Å². The molecule has 0 nitrogen and oxygen atoms in total. The minimum Gasteiger partial charge on any atom is -0.161 e. The van der Waals surface area contributed by atoms with Crippen LogP contribution in [0.3, 0.4) is 0 Å². The largest absolute Gasteiger partial charge is 0.161 e. The van der Waals surface area contributed by atoms with Crippen LogP contribution < -0.4 is 0 Å². The topological polar surface area (TPSA) is 0 Å². The zero-order valence-electron chi connectivity index (χ0n) is 4.68. The highest BCUT2D eigenvalue weighted by molar-refractivity contribution is 8.01. The number of thioether (sulfide) groups is 2. The van der Waals surface area contributed by atoms with Crippen molar-refractivity contribution in [3.8, 4) is 0 Å². The summed E-state index contributed by atoms with van der Waals surface area (Å²) in [4.78, 5) is 0. The number of hydrogen-bond acceptors (Lipinski definition) is 2. The average Bonchev–Trinajstić information content (AvgIpc) is 1.69. The smallest absolute Gasteiger partial charge is 0.0118 e. The fourth-order valence-electron chi connectivity index (χ4n) is 0.232. The second-order valence-electron chi connectivity index (χ2n) is 1.06. The van der Waals surface area contributed by atoms with Crippen LogP contribution in [0.4, 0.5) is 0 Å². The molecular weight excluding hydrogens is 124 g/mol. The van der Waals surface area contributed by atoms with Gasteiger partial charge >= 0.3 is 0 Å². The van der Waals surface area contributed by atoms with E-state index < -0.39 is 0 Å². The van der Waals surface area contributed by atoms with Gasteiger partial charge in [0.1, 0.15) is 0 Å². The van der Waals surface area contributed by atoms with E-state index in [-0.39, 0.29) is 0 Å². The summed E-state index contributed by atoms with van der Waals surface area (Å²) < 4.78 is 0. The summed E-state index contributed by atoms with van der Waals surface area (Å²) in [7, 11) is 0. The normalized spacial score (nSPS) is 10.6. The molecule has 0 saturated carbocycles. The highest BCUT2D eigenvalue weighted by atomic mass is 32.2. The van der Waals surface area contributed by atoms with Crippen LogP contribution in [-0.4, -0.2) is 18.3 Å². The average molecular weight is 134 g/mol. The van der Waals surface area contributed by atoms with Crippen molar-refractivity contribution in [3.05, 3.63) is 11.5 Å². The highest BCUT2D eigenvalue weighted by Gasteiger charge is 1.67. The molecule has 0 heterocycles. The van der Waals surface area contributed by atoms with E-state index in [0.29, 0.717) is 0 Å². The van der Waals surface area contributed by atoms with Crippen molar-refractivity contribution >= 4 is 23.5 Å². The lowest BCUT2D eigenvalue weighted by Crippen LogP contribution is -1.61. The van der Waals surface area contributed by atoms with Crippen LogP contribution in [0.1, 0.15) is 0 Å². The van der Waals surface area contributed by atoms with Crippen molar-refractivity contribution in [3.63, 3.8) is 0 Å². The summed E-state index contributed by atoms with van der Waals surface area (Å²) in [5.41, 5.74) is 0. The van der Waals surface area contributed by atoms with Crippen molar-refractivity contribution in [2.45, 2.75) is 0 Å². The molecule has 0 saturated heterocycles. The van der Waals surface area contributed by atoms with Crippen molar-refractivity contribution in [1.82, 2.24) is 0 Å². The van der Waals surface area contributed by atoms with Crippen LogP contribution in [0.5, 0.6) is 0 Å². The maximum absolute atomic E-state index is 2.16. The van der Waals surface area contributed by atoms with Crippen molar-refractivity contribution < 1.29 is 0 Å². The third-order valence-corrected chi connectivity index (χ3v) is 1.49. The second kappa shape index (κ2) is 6.44. The van der Waals surface area contributed by atoms with Gasteiger partial charge in [-0.3, -0.25) is 0 Å². The van der Waals surface area contributed by atoms with Crippen LogP contribution in [0.15, 0.2) is 11.5 Å². The molecule has 0 aliphatic carbocycles. The molecule has 0 spiro atoms. The fourth-order valence-corrected chi connectivity index (χ4v) is 0.931. The molecule has 0 aromatic heterocycles. The molecule has 7 heavy (non-hydrogen) atoms. The van der Waals surface area contributed by atoms with Gasteiger partial charge in [-0.1, -0.05) is 6.08 Å². The molecule has 0 N–H and O–H groups in total. The minimum atomic E-state index is 1.14. The zero-order chi connectivity index (χ0) is 5.54. The Kier molecular flexibility index (Phi) is 6.84. The lowest BCUT2D eigenvalue weighted by Gasteiger charge is -1.80. The number of hydrogen-bond donors (Lipinski definition) is 0. The second-order valence-corrected chi connectivity index (χ2v) is 2.72. The highest BCUT2D eigenvalue weighted by Crippen LogP contribution is 1.96. The Bertz CT molecular complexity index is 50.0. The van der Waals surface area contributed by atoms with Gasteiger partial charge in [0, 0.05) is 5.75 Å². The first kappa shape index (κ1) is 7.44. The summed E-state index contributed by atoms with van der Waals surface area (Å²) in [6, 6.07) is 0. The van der Waals surface area contributed by atoms with E-state index >= 15 is 0 Å². The fraction of sp³-hybridized carbons (Fsp3) is 0.600. The maximum atomic E-state index is 2.16. The Morgan fingerprint density at radius 1 is 1.43 bits per heavy atom. The van der Waals surface area contributed by atoms with Crippen molar-refractivity contribution in [2.24, 2.45) is 0 Å². The Hall–Kier alpha value is 0.440. The Labute approximate surface area is 53.8 Å². The van der Waals surface area contributed by atoms with E-state index in [9.17, 15) is 0 Å².